The van der Waals surface area contributed by atoms with Gasteiger partial charge in [0, 0.05) is 23.6 Å². The van der Waals surface area contributed by atoms with E-state index in [2.05, 4.69) is 47.4 Å². The van der Waals surface area contributed by atoms with E-state index in [0.29, 0.717) is 13.2 Å². The monoisotopic (exact) mass is 393 g/mol. The molecule has 0 bridgehead atoms. The van der Waals surface area contributed by atoms with Crippen molar-refractivity contribution >= 4 is 5.97 Å². The summed E-state index contributed by atoms with van der Waals surface area (Å²) < 4.78 is 12.4. The first kappa shape index (κ1) is 18.5. The van der Waals surface area contributed by atoms with E-state index in [1.54, 1.807) is 0 Å². The number of nitrogens with zero attached hydrogens (tertiary/aromatic N) is 1. The zero-order chi connectivity index (χ0) is 19.8. The molecule has 1 aliphatic carbocycles. The normalized spacial score (nSPS) is 22.1. The number of piperidine rings is 1. The fourth-order valence-electron chi connectivity index (χ4n) is 5.10. The van der Waals surface area contributed by atoms with Crippen molar-refractivity contribution in [1.82, 2.24) is 4.90 Å². The molecular weight excluding hydrogens is 366 g/mol. The molecule has 152 valence electrons. The molecule has 0 amide bonds. The summed E-state index contributed by atoms with van der Waals surface area (Å²) in [6.07, 6.45) is 4.45. The number of carboxylic acids is 1. The maximum absolute atomic E-state index is 10.8. The molecule has 1 spiro atoms. The van der Waals surface area contributed by atoms with Gasteiger partial charge in [-0.25, -0.2) is 0 Å². The number of benzene rings is 2. The predicted molar refractivity (Wildman–Crippen MR) is 110 cm³/mol. The van der Waals surface area contributed by atoms with Crippen LogP contribution in [0.5, 0.6) is 11.5 Å². The Morgan fingerprint density at radius 2 is 2.03 bits per heavy atom. The van der Waals surface area contributed by atoms with Crippen LogP contribution in [0.25, 0.3) is 0 Å². The van der Waals surface area contributed by atoms with Crippen LogP contribution in [0.2, 0.25) is 0 Å². The van der Waals surface area contributed by atoms with Crippen LogP contribution in [0.4, 0.5) is 0 Å². The number of rotatable bonds is 5. The highest BCUT2D eigenvalue weighted by Crippen LogP contribution is 2.47. The van der Waals surface area contributed by atoms with Crippen molar-refractivity contribution in [1.29, 1.82) is 0 Å². The molecule has 2 aliphatic heterocycles. The number of carbonyl (C=O) groups is 1. The van der Waals surface area contributed by atoms with E-state index < -0.39 is 5.97 Å². The first-order valence-electron chi connectivity index (χ1n) is 10.6. The van der Waals surface area contributed by atoms with Gasteiger partial charge >= 0.3 is 5.97 Å². The molecule has 0 aromatic heterocycles. The second kappa shape index (κ2) is 7.38. The van der Waals surface area contributed by atoms with Gasteiger partial charge < -0.3 is 19.5 Å². The van der Waals surface area contributed by atoms with E-state index in [1.807, 2.05) is 0 Å². The Hall–Kier alpha value is -2.53. The van der Waals surface area contributed by atoms with E-state index in [4.69, 9.17) is 14.6 Å². The standard InChI is InChI=1S/C24H27NO4/c26-23(27)9-12-25-13-10-24(11-14-25)16-28-22-15-18(6-7-20(22)24)29-21-8-5-17-3-1-2-4-19(17)21/h1-4,6-7,15,21H,5,8-14,16H2,(H,26,27)/t21-/m1/s1. The lowest BCUT2D eigenvalue weighted by molar-refractivity contribution is -0.137. The van der Waals surface area contributed by atoms with Crippen molar-refractivity contribution < 1.29 is 19.4 Å². The Balaban J connectivity index is 1.27. The SMILES string of the molecule is O=C(O)CCN1CCC2(CC1)COc1cc(O[C@@H]3CCc4ccccc43)ccc12. The minimum Gasteiger partial charge on any atom is -0.492 e. The molecule has 2 aromatic carbocycles. The van der Waals surface area contributed by atoms with Gasteiger partial charge in [0.25, 0.3) is 0 Å². The lowest BCUT2D eigenvalue weighted by Gasteiger charge is -2.38. The van der Waals surface area contributed by atoms with E-state index in [9.17, 15) is 4.79 Å². The minimum atomic E-state index is -0.725. The van der Waals surface area contributed by atoms with Crippen molar-refractivity contribution in [3.8, 4) is 11.5 Å². The maximum atomic E-state index is 10.8. The molecular formula is C24H27NO4. The van der Waals surface area contributed by atoms with Crippen LogP contribution in [0, 0.1) is 0 Å². The van der Waals surface area contributed by atoms with Gasteiger partial charge in [0.2, 0.25) is 0 Å². The lowest BCUT2D eigenvalue weighted by atomic mass is 9.74. The number of aliphatic carboxylic acids is 1. The summed E-state index contributed by atoms with van der Waals surface area (Å²) in [5, 5.41) is 8.90. The van der Waals surface area contributed by atoms with Gasteiger partial charge in [-0.1, -0.05) is 30.3 Å². The summed E-state index contributed by atoms with van der Waals surface area (Å²) in [6, 6.07) is 14.9. The largest absolute Gasteiger partial charge is 0.492 e. The smallest absolute Gasteiger partial charge is 0.304 e. The second-order valence-electron chi connectivity index (χ2n) is 8.56. The Morgan fingerprint density at radius 3 is 2.86 bits per heavy atom. The highest BCUT2D eigenvalue weighted by atomic mass is 16.5. The summed E-state index contributed by atoms with van der Waals surface area (Å²) >= 11 is 0. The summed E-state index contributed by atoms with van der Waals surface area (Å²) in [6.45, 7) is 3.19. The number of ether oxygens (including phenoxy) is 2. The molecule has 2 heterocycles. The van der Waals surface area contributed by atoms with Gasteiger partial charge in [-0.3, -0.25) is 4.79 Å². The number of aryl methyl sites for hydroxylation is 1. The van der Waals surface area contributed by atoms with Crippen molar-refractivity contribution in [2.75, 3.05) is 26.2 Å². The minimum absolute atomic E-state index is 0.0630. The van der Waals surface area contributed by atoms with Gasteiger partial charge in [0.05, 0.1) is 13.0 Å². The highest BCUT2D eigenvalue weighted by molar-refractivity contribution is 5.66. The quantitative estimate of drug-likeness (QED) is 0.833. The fraction of sp³-hybridized carbons (Fsp3) is 0.458. The summed E-state index contributed by atoms with van der Waals surface area (Å²) in [5.74, 6) is 1.10. The Bertz CT molecular complexity index is 917. The van der Waals surface area contributed by atoms with Crippen molar-refractivity contribution in [2.45, 2.75) is 43.6 Å². The maximum Gasteiger partial charge on any atom is 0.304 e. The molecule has 1 saturated heterocycles. The molecule has 3 aliphatic rings. The second-order valence-corrected chi connectivity index (χ2v) is 8.56. The highest BCUT2D eigenvalue weighted by Gasteiger charge is 2.43. The molecule has 29 heavy (non-hydrogen) atoms. The van der Waals surface area contributed by atoms with Crippen LogP contribution in [-0.2, 0) is 16.6 Å². The molecule has 5 rings (SSSR count). The van der Waals surface area contributed by atoms with Gasteiger partial charge in [-0.2, -0.15) is 0 Å². The van der Waals surface area contributed by atoms with Crippen molar-refractivity contribution in [2.24, 2.45) is 0 Å². The average molecular weight is 393 g/mol. The number of carboxylic acid groups (broad SMARTS) is 1. The zero-order valence-corrected chi connectivity index (χ0v) is 16.6. The van der Waals surface area contributed by atoms with Gasteiger partial charge in [-0.15, -0.1) is 0 Å². The molecule has 1 fully saturated rings. The number of hydrogen-bond acceptors (Lipinski definition) is 4. The van der Waals surface area contributed by atoms with E-state index >= 15 is 0 Å². The summed E-state index contributed by atoms with van der Waals surface area (Å²) in [5.41, 5.74) is 4.05. The third-order valence-electron chi connectivity index (χ3n) is 6.84. The Labute approximate surface area is 171 Å². The predicted octanol–water partition coefficient (Wildman–Crippen LogP) is 3.95. The zero-order valence-electron chi connectivity index (χ0n) is 16.6. The molecule has 0 radical (unpaired) electrons. The van der Waals surface area contributed by atoms with E-state index in [0.717, 1.165) is 50.3 Å². The van der Waals surface area contributed by atoms with E-state index in [-0.39, 0.29) is 17.9 Å². The first-order valence-corrected chi connectivity index (χ1v) is 10.6. The number of likely N-dealkylation sites (tertiary alicyclic amines) is 1. The van der Waals surface area contributed by atoms with Crippen molar-refractivity contribution in [3.05, 3.63) is 59.2 Å². The Kier molecular flexibility index (Phi) is 4.70. The van der Waals surface area contributed by atoms with Gasteiger partial charge in [-0.05, 0) is 56.0 Å². The lowest BCUT2D eigenvalue weighted by Crippen LogP contribution is -2.44. The third-order valence-corrected chi connectivity index (χ3v) is 6.84. The average Bonchev–Trinajstić information content (AvgIpc) is 3.30. The van der Waals surface area contributed by atoms with Gasteiger partial charge in [0.15, 0.2) is 0 Å². The first-order chi connectivity index (χ1) is 14.1. The van der Waals surface area contributed by atoms with Crippen LogP contribution in [0.1, 0.15) is 48.5 Å². The number of hydrogen-bond donors (Lipinski definition) is 1. The summed E-state index contributed by atoms with van der Waals surface area (Å²) in [7, 11) is 0. The molecule has 5 nitrogen and oxygen atoms in total. The fourth-order valence-corrected chi connectivity index (χ4v) is 5.10. The molecule has 0 saturated carbocycles. The van der Waals surface area contributed by atoms with Crippen molar-refractivity contribution in [3.63, 3.8) is 0 Å². The molecule has 2 aromatic rings. The van der Waals surface area contributed by atoms with Crippen LogP contribution < -0.4 is 9.47 Å². The molecule has 0 unspecified atom stereocenters. The molecule has 5 heteroatoms. The number of fused-ring (bicyclic) bond motifs is 3. The van der Waals surface area contributed by atoms with E-state index in [1.165, 1.54) is 16.7 Å². The molecule has 1 atom stereocenters. The topological polar surface area (TPSA) is 59.0 Å². The van der Waals surface area contributed by atoms with Crippen LogP contribution in [0.15, 0.2) is 42.5 Å². The van der Waals surface area contributed by atoms with Crippen LogP contribution >= 0.6 is 0 Å². The summed E-state index contributed by atoms with van der Waals surface area (Å²) in [4.78, 5) is 13.1. The van der Waals surface area contributed by atoms with Crippen LogP contribution in [-0.4, -0.2) is 42.2 Å². The molecule has 1 N–H and O–H groups in total. The Morgan fingerprint density at radius 1 is 1.21 bits per heavy atom. The van der Waals surface area contributed by atoms with Gasteiger partial charge in [0.1, 0.15) is 17.6 Å². The van der Waals surface area contributed by atoms with Crippen LogP contribution in [0.3, 0.4) is 0 Å². The third kappa shape index (κ3) is 3.48.